The minimum absolute atomic E-state index is 0.0937. The summed E-state index contributed by atoms with van der Waals surface area (Å²) in [5.74, 6) is 1.09. The number of sulfonamides is 1. The predicted octanol–water partition coefficient (Wildman–Crippen LogP) is 3.41. The van der Waals surface area contributed by atoms with Crippen LogP contribution in [0.25, 0.3) is 0 Å². The number of carbonyl (C=O) groups excluding carboxylic acids is 1. The van der Waals surface area contributed by atoms with Crippen LogP contribution in [0.1, 0.15) is 30.1 Å². The first kappa shape index (κ1) is 20.4. The first-order chi connectivity index (χ1) is 13.4. The highest BCUT2D eigenvalue weighted by Gasteiger charge is 2.28. The number of hydrogen-bond acceptors (Lipinski definition) is 5. The van der Waals surface area contributed by atoms with Gasteiger partial charge in [0.2, 0.25) is 10.0 Å². The Morgan fingerprint density at radius 2 is 1.75 bits per heavy atom. The Morgan fingerprint density at radius 1 is 1.11 bits per heavy atom. The zero-order chi connectivity index (χ0) is 20.1. The number of carbonyl (C=O) groups is 1. The molecule has 1 saturated heterocycles. The van der Waals surface area contributed by atoms with Gasteiger partial charge in [-0.3, -0.25) is 4.79 Å². The summed E-state index contributed by atoms with van der Waals surface area (Å²) in [5, 5.41) is 3.06. The van der Waals surface area contributed by atoms with Gasteiger partial charge in [0.15, 0.2) is 5.78 Å². The number of ether oxygens (including phenoxy) is 1. The van der Waals surface area contributed by atoms with Crippen LogP contribution < -0.4 is 10.1 Å². The van der Waals surface area contributed by atoms with E-state index in [1.807, 2.05) is 24.3 Å². The molecular weight excluding hydrogens is 376 g/mol. The van der Waals surface area contributed by atoms with E-state index in [1.54, 1.807) is 19.2 Å². The Bertz CT molecular complexity index is 918. The fraction of sp³-hybridized carbons (Fsp3) is 0.381. The Balaban J connectivity index is 1.65. The highest BCUT2D eigenvalue weighted by atomic mass is 32.2. The quantitative estimate of drug-likeness (QED) is 0.719. The number of nitrogens with zero attached hydrogens (tertiary/aromatic N) is 1. The van der Waals surface area contributed by atoms with Gasteiger partial charge in [-0.1, -0.05) is 19.1 Å². The monoisotopic (exact) mass is 402 g/mol. The molecule has 0 atom stereocenters. The number of benzene rings is 2. The molecule has 2 aromatic carbocycles. The van der Waals surface area contributed by atoms with Crippen molar-refractivity contribution in [2.24, 2.45) is 5.92 Å². The summed E-state index contributed by atoms with van der Waals surface area (Å²) in [6.45, 7) is 3.33. The zero-order valence-electron chi connectivity index (χ0n) is 16.2. The van der Waals surface area contributed by atoms with Crippen LogP contribution in [0.15, 0.2) is 53.4 Å². The lowest BCUT2D eigenvalue weighted by Crippen LogP contribution is -2.37. The van der Waals surface area contributed by atoms with E-state index >= 15 is 0 Å². The SMILES string of the molecule is COc1ccccc1NCC(=O)c1ccc(S(=O)(=O)N2CCC(C)CC2)cc1. The van der Waals surface area contributed by atoms with E-state index in [0.29, 0.717) is 30.3 Å². The Hall–Kier alpha value is -2.38. The maximum atomic E-state index is 12.8. The van der Waals surface area contributed by atoms with Crippen molar-refractivity contribution in [1.29, 1.82) is 0 Å². The second kappa shape index (κ2) is 8.75. The lowest BCUT2D eigenvalue weighted by molar-refractivity contribution is 0.101. The average molecular weight is 403 g/mol. The molecule has 0 unspecified atom stereocenters. The first-order valence-corrected chi connectivity index (χ1v) is 10.9. The molecule has 6 nitrogen and oxygen atoms in total. The average Bonchev–Trinajstić information content (AvgIpc) is 2.72. The predicted molar refractivity (Wildman–Crippen MR) is 109 cm³/mol. The minimum atomic E-state index is -3.50. The molecule has 0 amide bonds. The van der Waals surface area contributed by atoms with E-state index in [0.717, 1.165) is 18.5 Å². The Kier molecular flexibility index (Phi) is 6.36. The molecule has 0 aromatic heterocycles. The van der Waals surface area contributed by atoms with E-state index in [9.17, 15) is 13.2 Å². The van der Waals surface area contributed by atoms with Crippen LogP contribution >= 0.6 is 0 Å². The summed E-state index contributed by atoms with van der Waals surface area (Å²) in [6, 6.07) is 13.5. The topological polar surface area (TPSA) is 75.7 Å². The van der Waals surface area contributed by atoms with Crippen molar-refractivity contribution in [2.75, 3.05) is 32.1 Å². The number of para-hydroxylation sites is 2. The molecule has 28 heavy (non-hydrogen) atoms. The molecular formula is C21H26N2O4S. The Morgan fingerprint density at radius 3 is 2.39 bits per heavy atom. The van der Waals surface area contributed by atoms with Gasteiger partial charge in [-0.15, -0.1) is 0 Å². The molecule has 0 radical (unpaired) electrons. The third-order valence-corrected chi connectivity index (χ3v) is 7.02. The summed E-state index contributed by atoms with van der Waals surface area (Å²) >= 11 is 0. The van der Waals surface area contributed by atoms with Gasteiger partial charge in [0.25, 0.3) is 0 Å². The molecule has 0 spiro atoms. The molecule has 150 valence electrons. The number of methoxy groups -OCH3 is 1. The lowest BCUT2D eigenvalue weighted by Gasteiger charge is -2.29. The van der Waals surface area contributed by atoms with E-state index in [-0.39, 0.29) is 17.2 Å². The van der Waals surface area contributed by atoms with Crippen molar-refractivity contribution in [1.82, 2.24) is 4.31 Å². The smallest absolute Gasteiger partial charge is 0.243 e. The maximum Gasteiger partial charge on any atom is 0.243 e. The zero-order valence-corrected chi connectivity index (χ0v) is 17.0. The molecule has 1 aliphatic rings. The number of piperidine rings is 1. The number of nitrogens with one attached hydrogen (secondary N) is 1. The highest BCUT2D eigenvalue weighted by molar-refractivity contribution is 7.89. The van der Waals surface area contributed by atoms with Gasteiger partial charge < -0.3 is 10.1 Å². The van der Waals surface area contributed by atoms with Crippen molar-refractivity contribution in [2.45, 2.75) is 24.7 Å². The molecule has 1 aliphatic heterocycles. The fourth-order valence-corrected chi connectivity index (χ4v) is 4.73. The number of anilines is 1. The van der Waals surface area contributed by atoms with E-state index in [4.69, 9.17) is 4.74 Å². The summed E-state index contributed by atoms with van der Waals surface area (Å²) < 4.78 is 32.3. The maximum absolute atomic E-state index is 12.8. The largest absolute Gasteiger partial charge is 0.495 e. The van der Waals surface area contributed by atoms with Crippen LogP contribution in [-0.4, -0.2) is 45.3 Å². The van der Waals surface area contributed by atoms with Crippen molar-refractivity contribution >= 4 is 21.5 Å². The fourth-order valence-electron chi connectivity index (χ4n) is 3.26. The van der Waals surface area contributed by atoms with Gasteiger partial charge in [-0.05, 0) is 55.2 Å². The first-order valence-electron chi connectivity index (χ1n) is 9.42. The van der Waals surface area contributed by atoms with Gasteiger partial charge in [0.05, 0.1) is 24.2 Å². The van der Waals surface area contributed by atoms with Crippen LogP contribution in [0.2, 0.25) is 0 Å². The molecule has 2 aromatic rings. The van der Waals surface area contributed by atoms with Gasteiger partial charge in [-0.2, -0.15) is 4.31 Å². The van der Waals surface area contributed by atoms with Gasteiger partial charge in [-0.25, -0.2) is 8.42 Å². The van der Waals surface area contributed by atoms with Gasteiger partial charge in [0.1, 0.15) is 5.75 Å². The van der Waals surface area contributed by atoms with Gasteiger partial charge in [0, 0.05) is 18.7 Å². The van der Waals surface area contributed by atoms with Crippen molar-refractivity contribution < 1.29 is 17.9 Å². The molecule has 1 fully saturated rings. The summed E-state index contributed by atoms with van der Waals surface area (Å²) in [7, 11) is -1.93. The summed E-state index contributed by atoms with van der Waals surface area (Å²) in [5.41, 5.74) is 1.20. The molecule has 0 bridgehead atoms. The number of rotatable bonds is 7. The van der Waals surface area contributed by atoms with Crippen molar-refractivity contribution in [3.05, 3.63) is 54.1 Å². The molecule has 1 heterocycles. The molecule has 0 saturated carbocycles. The lowest BCUT2D eigenvalue weighted by atomic mass is 10.0. The normalized spacial score (nSPS) is 15.9. The van der Waals surface area contributed by atoms with E-state index in [1.165, 1.54) is 16.4 Å². The van der Waals surface area contributed by atoms with Gasteiger partial charge >= 0.3 is 0 Å². The van der Waals surface area contributed by atoms with Crippen LogP contribution in [0.4, 0.5) is 5.69 Å². The van der Waals surface area contributed by atoms with Crippen LogP contribution in [0.3, 0.4) is 0 Å². The number of ketones is 1. The minimum Gasteiger partial charge on any atom is -0.495 e. The second-order valence-electron chi connectivity index (χ2n) is 7.09. The summed E-state index contributed by atoms with van der Waals surface area (Å²) in [6.07, 6.45) is 1.76. The Labute approximate surface area is 166 Å². The van der Waals surface area contributed by atoms with Crippen LogP contribution in [0.5, 0.6) is 5.75 Å². The highest BCUT2D eigenvalue weighted by Crippen LogP contribution is 2.25. The van der Waals surface area contributed by atoms with E-state index in [2.05, 4.69) is 12.2 Å². The van der Waals surface area contributed by atoms with Crippen LogP contribution in [0, 0.1) is 5.92 Å². The molecule has 1 N–H and O–H groups in total. The molecule has 0 aliphatic carbocycles. The van der Waals surface area contributed by atoms with Crippen molar-refractivity contribution in [3.8, 4) is 5.75 Å². The number of Topliss-reactive ketones (excluding diaryl/α,β-unsaturated/α-hetero) is 1. The molecule has 7 heteroatoms. The second-order valence-corrected chi connectivity index (χ2v) is 9.03. The van der Waals surface area contributed by atoms with Crippen LogP contribution in [-0.2, 0) is 10.0 Å². The summed E-state index contributed by atoms with van der Waals surface area (Å²) in [4.78, 5) is 12.7. The molecule has 3 rings (SSSR count). The van der Waals surface area contributed by atoms with E-state index < -0.39 is 10.0 Å². The number of hydrogen-bond donors (Lipinski definition) is 1. The standard InChI is InChI=1S/C21H26N2O4S/c1-16-11-13-23(14-12-16)28(25,26)18-9-7-17(8-10-18)20(24)15-22-19-5-3-4-6-21(19)27-2/h3-10,16,22H,11-15H2,1-2H3. The third-order valence-electron chi connectivity index (χ3n) is 5.10. The third kappa shape index (κ3) is 4.54. The van der Waals surface area contributed by atoms with Crippen molar-refractivity contribution in [3.63, 3.8) is 0 Å².